The summed E-state index contributed by atoms with van der Waals surface area (Å²) < 4.78 is 11.0. The van der Waals surface area contributed by atoms with E-state index in [2.05, 4.69) is 39.0 Å². The Morgan fingerprint density at radius 3 is 2.39 bits per heavy atom. The fraction of sp³-hybridized carbons (Fsp3) is 0.625. The molecule has 18 heavy (non-hydrogen) atoms. The molecule has 1 aliphatic rings. The third-order valence-electron chi connectivity index (χ3n) is 3.76. The van der Waals surface area contributed by atoms with Gasteiger partial charge in [-0.1, -0.05) is 32.9 Å². The summed E-state index contributed by atoms with van der Waals surface area (Å²) in [6.07, 6.45) is 2.20. The number of hydrogen-bond acceptors (Lipinski definition) is 2. The highest BCUT2D eigenvalue weighted by atomic mass is 16.5. The second-order valence-corrected chi connectivity index (χ2v) is 6.09. The van der Waals surface area contributed by atoms with E-state index in [1.54, 1.807) is 7.11 Å². The molecule has 1 aliphatic heterocycles. The van der Waals surface area contributed by atoms with Gasteiger partial charge in [-0.2, -0.15) is 0 Å². The van der Waals surface area contributed by atoms with Gasteiger partial charge in [0, 0.05) is 13.2 Å². The summed E-state index contributed by atoms with van der Waals surface area (Å²) in [5.74, 6) is 1.62. The minimum Gasteiger partial charge on any atom is -0.496 e. The van der Waals surface area contributed by atoms with E-state index in [0.29, 0.717) is 5.92 Å². The first-order chi connectivity index (χ1) is 8.52. The van der Waals surface area contributed by atoms with Crippen LogP contribution in [-0.4, -0.2) is 20.3 Å². The van der Waals surface area contributed by atoms with Crippen LogP contribution in [0.4, 0.5) is 0 Å². The molecule has 0 atom stereocenters. The third kappa shape index (κ3) is 2.86. The average molecular weight is 248 g/mol. The Morgan fingerprint density at radius 1 is 1.17 bits per heavy atom. The van der Waals surface area contributed by atoms with Gasteiger partial charge in [-0.25, -0.2) is 0 Å². The number of ether oxygens (including phenoxy) is 2. The van der Waals surface area contributed by atoms with Gasteiger partial charge in [-0.05, 0) is 41.4 Å². The third-order valence-corrected chi connectivity index (χ3v) is 3.76. The van der Waals surface area contributed by atoms with Gasteiger partial charge >= 0.3 is 0 Å². The van der Waals surface area contributed by atoms with Crippen LogP contribution in [0, 0.1) is 0 Å². The van der Waals surface area contributed by atoms with Crippen molar-refractivity contribution in [3.05, 3.63) is 29.3 Å². The number of methoxy groups -OCH3 is 1. The van der Waals surface area contributed by atoms with Gasteiger partial charge in [-0.3, -0.25) is 0 Å². The second-order valence-electron chi connectivity index (χ2n) is 6.09. The van der Waals surface area contributed by atoms with Gasteiger partial charge in [0.25, 0.3) is 0 Å². The molecule has 1 aromatic carbocycles. The first-order valence-electron chi connectivity index (χ1n) is 6.78. The first kappa shape index (κ1) is 13.4. The molecule has 1 fully saturated rings. The molecule has 0 saturated carbocycles. The summed E-state index contributed by atoms with van der Waals surface area (Å²) >= 11 is 0. The van der Waals surface area contributed by atoms with Gasteiger partial charge in [0.05, 0.1) is 7.11 Å². The summed E-state index contributed by atoms with van der Waals surface area (Å²) in [6, 6.07) is 6.69. The van der Waals surface area contributed by atoms with Crippen molar-refractivity contribution >= 4 is 0 Å². The molecule has 0 unspecified atom stereocenters. The van der Waals surface area contributed by atoms with Crippen molar-refractivity contribution in [2.45, 2.75) is 44.9 Å². The van der Waals surface area contributed by atoms with Crippen LogP contribution in [0.5, 0.6) is 5.75 Å². The van der Waals surface area contributed by atoms with Gasteiger partial charge in [0.15, 0.2) is 0 Å². The van der Waals surface area contributed by atoms with Crippen LogP contribution in [0.1, 0.15) is 50.7 Å². The zero-order valence-corrected chi connectivity index (χ0v) is 12.0. The molecule has 1 heterocycles. The molecule has 0 N–H and O–H groups in total. The zero-order valence-electron chi connectivity index (χ0n) is 12.0. The van der Waals surface area contributed by atoms with E-state index < -0.39 is 0 Å². The molecule has 2 rings (SSSR count). The molecular weight excluding hydrogens is 224 g/mol. The molecule has 0 bridgehead atoms. The van der Waals surface area contributed by atoms with Crippen molar-refractivity contribution in [1.29, 1.82) is 0 Å². The molecule has 100 valence electrons. The maximum absolute atomic E-state index is 5.59. The van der Waals surface area contributed by atoms with E-state index in [0.717, 1.165) is 31.8 Å². The predicted octanol–water partition coefficient (Wildman–Crippen LogP) is 3.89. The SMILES string of the molecule is COc1cc(C(C)(C)C)ccc1C1CCOCC1. The standard InChI is InChI=1S/C16H24O2/c1-16(2,3)13-5-6-14(15(11-13)17-4)12-7-9-18-10-8-12/h5-6,11-12H,7-10H2,1-4H3. The summed E-state index contributed by atoms with van der Waals surface area (Å²) in [5.41, 5.74) is 2.84. The van der Waals surface area contributed by atoms with E-state index in [9.17, 15) is 0 Å². The van der Waals surface area contributed by atoms with E-state index in [-0.39, 0.29) is 5.41 Å². The van der Waals surface area contributed by atoms with Crippen molar-refractivity contribution in [2.24, 2.45) is 0 Å². The monoisotopic (exact) mass is 248 g/mol. The molecule has 0 radical (unpaired) electrons. The summed E-state index contributed by atoms with van der Waals surface area (Å²) in [7, 11) is 1.77. The van der Waals surface area contributed by atoms with Crippen LogP contribution < -0.4 is 4.74 Å². The lowest BCUT2D eigenvalue weighted by atomic mass is 9.84. The van der Waals surface area contributed by atoms with Crippen LogP contribution >= 0.6 is 0 Å². The highest BCUT2D eigenvalue weighted by Gasteiger charge is 2.22. The van der Waals surface area contributed by atoms with Gasteiger partial charge in [-0.15, -0.1) is 0 Å². The lowest BCUT2D eigenvalue weighted by Crippen LogP contribution is -2.16. The topological polar surface area (TPSA) is 18.5 Å². The van der Waals surface area contributed by atoms with Crippen molar-refractivity contribution in [2.75, 3.05) is 20.3 Å². The van der Waals surface area contributed by atoms with Crippen LogP contribution in [0.2, 0.25) is 0 Å². The Morgan fingerprint density at radius 2 is 1.83 bits per heavy atom. The van der Waals surface area contributed by atoms with Crippen molar-refractivity contribution in [1.82, 2.24) is 0 Å². The molecule has 2 nitrogen and oxygen atoms in total. The summed E-state index contributed by atoms with van der Waals surface area (Å²) in [5, 5.41) is 0. The smallest absolute Gasteiger partial charge is 0.122 e. The lowest BCUT2D eigenvalue weighted by molar-refractivity contribution is 0.0848. The molecule has 0 aliphatic carbocycles. The highest BCUT2D eigenvalue weighted by molar-refractivity contribution is 5.42. The fourth-order valence-electron chi connectivity index (χ4n) is 2.52. The molecule has 0 amide bonds. The number of benzene rings is 1. The Kier molecular flexibility index (Phi) is 3.96. The lowest BCUT2D eigenvalue weighted by Gasteiger charge is -2.26. The minimum absolute atomic E-state index is 0.168. The highest BCUT2D eigenvalue weighted by Crippen LogP contribution is 2.36. The maximum Gasteiger partial charge on any atom is 0.122 e. The van der Waals surface area contributed by atoms with Crippen LogP contribution in [-0.2, 0) is 10.2 Å². The maximum atomic E-state index is 5.59. The fourth-order valence-corrected chi connectivity index (χ4v) is 2.52. The van der Waals surface area contributed by atoms with Gasteiger partial charge in [0.2, 0.25) is 0 Å². The second kappa shape index (κ2) is 5.31. The number of hydrogen-bond donors (Lipinski definition) is 0. The van der Waals surface area contributed by atoms with Crippen LogP contribution in [0.25, 0.3) is 0 Å². The molecule has 0 spiro atoms. The Balaban J connectivity index is 2.30. The largest absolute Gasteiger partial charge is 0.496 e. The van der Waals surface area contributed by atoms with Crippen molar-refractivity contribution in [3.8, 4) is 5.75 Å². The predicted molar refractivity (Wildman–Crippen MR) is 74.5 cm³/mol. The van der Waals surface area contributed by atoms with Crippen molar-refractivity contribution < 1.29 is 9.47 Å². The van der Waals surface area contributed by atoms with E-state index >= 15 is 0 Å². The first-order valence-corrected chi connectivity index (χ1v) is 6.78. The van der Waals surface area contributed by atoms with E-state index in [1.807, 2.05) is 0 Å². The molecule has 2 heteroatoms. The van der Waals surface area contributed by atoms with Crippen LogP contribution in [0.15, 0.2) is 18.2 Å². The van der Waals surface area contributed by atoms with E-state index in [4.69, 9.17) is 9.47 Å². The quantitative estimate of drug-likeness (QED) is 0.790. The summed E-state index contributed by atoms with van der Waals surface area (Å²) in [6.45, 7) is 8.44. The molecule has 0 aromatic heterocycles. The Labute approximate surface area is 110 Å². The van der Waals surface area contributed by atoms with Gasteiger partial charge < -0.3 is 9.47 Å². The Bertz CT molecular complexity index is 398. The van der Waals surface area contributed by atoms with E-state index in [1.165, 1.54) is 11.1 Å². The zero-order chi connectivity index (χ0) is 13.2. The minimum atomic E-state index is 0.168. The molecular formula is C16H24O2. The van der Waals surface area contributed by atoms with Crippen molar-refractivity contribution in [3.63, 3.8) is 0 Å². The average Bonchev–Trinajstić information content (AvgIpc) is 2.38. The Hall–Kier alpha value is -1.02. The molecule has 1 saturated heterocycles. The molecule has 1 aromatic rings. The van der Waals surface area contributed by atoms with Crippen LogP contribution in [0.3, 0.4) is 0 Å². The van der Waals surface area contributed by atoms with Gasteiger partial charge in [0.1, 0.15) is 5.75 Å². The normalized spacial score (nSPS) is 17.8. The summed E-state index contributed by atoms with van der Waals surface area (Å²) in [4.78, 5) is 0. The number of rotatable bonds is 2.